The van der Waals surface area contributed by atoms with Gasteiger partial charge in [-0.15, -0.1) is 0 Å². The van der Waals surface area contributed by atoms with Gasteiger partial charge in [0, 0.05) is 19.1 Å². The van der Waals surface area contributed by atoms with Crippen LogP contribution < -0.4 is 5.32 Å². The smallest absolute Gasteiger partial charge is 0.317 e. The summed E-state index contributed by atoms with van der Waals surface area (Å²) >= 11 is 0. The third-order valence-electron chi connectivity index (χ3n) is 4.40. The number of carboxylic acid groups (broad SMARTS) is 1. The molecule has 3 atom stereocenters. The van der Waals surface area contributed by atoms with Gasteiger partial charge in [-0.25, -0.2) is 4.79 Å². The summed E-state index contributed by atoms with van der Waals surface area (Å²) in [4.78, 5) is 36.4. The van der Waals surface area contributed by atoms with E-state index in [-0.39, 0.29) is 24.0 Å². The van der Waals surface area contributed by atoms with Crippen molar-refractivity contribution in [3.05, 3.63) is 0 Å². The molecule has 1 aliphatic heterocycles. The highest BCUT2D eigenvalue weighted by molar-refractivity contribution is 5.79. The Bertz CT molecular complexity index is 426. The molecule has 2 amide bonds. The van der Waals surface area contributed by atoms with Crippen molar-refractivity contribution in [1.82, 2.24) is 10.2 Å². The first-order chi connectivity index (χ1) is 10.0. The molecule has 1 aliphatic carbocycles. The maximum atomic E-state index is 12.2. The Kier molecular flexibility index (Phi) is 5.03. The number of nitrogens with one attached hydrogen (secondary N) is 1. The molecular weight excluding hydrogens is 276 g/mol. The lowest BCUT2D eigenvalue weighted by Gasteiger charge is -2.30. The Morgan fingerprint density at radius 3 is 2.57 bits per heavy atom. The quantitative estimate of drug-likeness (QED) is 0.753. The standard InChI is InChI=1S/C14H22N2O5/c1-21-13(19)9-6-7-16(8-9)14(20)15-11-5-3-2-4-10(11)12(17)18/h9-11H,2-8H2,1H3,(H,15,20)(H,17,18). The van der Waals surface area contributed by atoms with Crippen molar-refractivity contribution in [2.24, 2.45) is 11.8 Å². The fourth-order valence-electron chi connectivity index (χ4n) is 3.15. The summed E-state index contributed by atoms with van der Waals surface area (Å²) in [6.45, 7) is 0.832. The molecule has 2 N–H and O–H groups in total. The number of esters is 1. The average Bonchev–Trinajstić information content (AvgIpc) is 2.96. The van der Waals surface area contributed by atoms with Crippen LogP contribution in [0.1, 0.15) is 32.1 Å². The molecule has 0 aromatic rings. The number of methoxy groups -OCH3 is 1. The lowest BCUT2D eigenvalue weighted by molar-refractivity contribution is -0.145. The van der Waals surface area contributed by atoms with Crippen LogP contribution in [0.25, 0.3) is 0 Å². The van der Waals surface area contributed by atoms with Crippen LogP contribution in [0.2, 0.25) is 0 Å². The number of carboxylic acids is 1. The van der Waals surface area contributed by atoms with E-state index in [9.17, 15) is 19.5 Å². The maximum absolute atomic E-state index is 12.2. The van der Waals surface area contributed by atoms with Crippen LogP contribution in [0.5, 0.6) is 0 Å². The van der Waals surface area contributed by atoms with Gasteiger partial charge < -0.3 is 20.1 Å². The predicted molar refractivity (Wildman–Crippen MR) is 73.6 cm³/mol. The van der Waals surface area contributed by atoms with Gasteiger partial charge in [0.25, 0.3) is 0 Å². The Morgan fingerprint density at radius 2 is 1.90 bits per heavy atom. The number of carbonyl (C=O) groups is 3. The first kappa shape index (κ1) is 15.6. The first-order valence-corrected chi connectivity index (χ1v) is 7.39. The van der Waals surface area contributed by atoms with Crippen molar-refractivity contribution in [2.45, 2.75) is 38.1 Å². The molecular formula is C14H22N2O5. The number of likely N-dealkylation sites (tertiary alicyclic amines) is 1. The van der Waals surface area contributed by atoms with Crippen molar-refractivity contribution in [1.29, 1.82) is 0 Å². The minimum absolute atomic E-state index is 0.276. The molecule has 1 saturated carbocycles. The van der Waals surface area contributed by atoms with Gasteiger partial charge in [-0.1, -0.05) is 12.8 Å². The summed E-state index contributed by atoms with van der Waals surface area (Å²) < 4.78 is 4.69. The van der Waals surface area contributed by atoms with Crippen molar-refractivity contribution in [3.63, 3.8) is 0 Å². The van der Waals surface area contributed by atoms with Gasteiger partial charge in [-0.05, 0) is 19.3 Å². The summed E-state index contributed by atoms with van der Waals surface area (Å²) in [6, 6.07) is -0.597. The topological polar surface area (TPSA) is 95.9 Å². The van der Waals surface area contributed by atoms with E-state index >= 15 is 0 Å². The number of nitrogens with zero attached hydrogens (tertiary/aromatic N) is 1. The summed E-state index contributed by atoms with van der Waals surface area (Å²) in [5.74, 6) is -1.94. The third-order valence-corrected chi connectivity index (χ3v) is 4.40. The molecule has 21 heavy (non-hydrogen) atoms. The molecule has 2 aliphatic rings. The normalized spacial score (nSPS) is 29.0. The highest BCUT2D eigenvalue weighted by Gasteiger charge is 2.36. The second kappa shape index (κ2) is 6.78. The molecule has 1 heterocycles. The number of ether oxygens (including phenoxy) is 1. The predicted octanol–water partition coefficient (Wildman–Crippen LogP) is 0.834. The fourth-order valence-corrected chi connectivity index (χ4v) is 3.15. The van der Waals surface area contributed by atoms with E-state index in [1.54, 1.807) is 4.90 Å². The highest BCUT2D eigenvalue weighted by atomic mass is 16.5. The minimum Gasteiger partial charge on any atom is -0.481 e. The molecule has 7 heteroatoms. The Labute approximate surface area is 123 Å². The number of carbonyl (C=O) groups excluding carboxylic acids is 2. The average molecular weight is 298 g/mol. The minimum atomic E-state index is -0.853. The van der Waals surface area contributed by atoms with E-state index in [2.05, 4.69) is 10.1 Å². The van der Waals surface area contributed by atoms with Crippen LogP contribution in [0.4, 0.5) is 4.79 Å². The van der Waals surface area contributed by atoms with E-state index in [0.29, 0.717) is 32.4 Å². The lowest BCUT2D eigenvalue weighted by Crippen LogP contribution is -2.49. The van der Waals surface area contributed by atoms with Gasteiger partial charge in [0.05, 0.1) is 18.9 Å². The fraction of sp³-hybridized carbons (Fsp3) is 0.786. The second-order valence-electron chi connectivity index (χ2n) is 5.74. The van der Waals surface area contributed by atoms with E-state index in [1.807, 2.05) is 0 Å². The van der Waals surface area contributed by atoms with Crippen molar-refractivity contribution < 1.29 is 24.2 Å². The van der Waals surface area contributed by atoms with Crippen LogP contribution >= 0.6 is 0 Å². The molecule has 0 spiro atoms. The summed E-state index contributed by atoms with van der Waals surface area (Å²) in [6.07, 6.45) is 3.70. The zero-order valence-corrected chi connectivity index (χ0v) is 12.2. The number of rotatable bonds is 3. The van der Waals surface area contributed by atoms with Crippen molar-refractivity contribution in [3.8, 4) is 0 Å². The van der Waals surface area contributed by atoms with Gasteiger partial charge in [0.15, 0.2) is 0 Å². The zero-order valence-electron chi connectivity index (χ0n) is 12.2. The largest absolute Gasteiger partial charge is 0.481 e. The highest BCUT2D eigenvalue weighted by Crippen LogP contribution is 2.25. The molecule has 2 rings (SSSR count). The Hall–Kier alpha value is -1.79. The molecule has 118 valence electrons. The molecule has 2 fully saturated rings. The van der Waals surface area contributed by atoms with Crippen molar-refractivity contribution in [2.75, 3.05) is 20.2 Å². The number of aliphatic carboxylic acids is 1. The zero-order chi connectivity index (χ0) is 15.4. The number of amides is 2. The maximum Gasteiger partial charge on any atom is 0.317 e. The summed E-state index contributed by atoms with van der Waals surface area (Å²) in [7, 11) is 1.34. The first-order valence-electron chi connectivity index (χ1n) is 7.39. The number of hydrogen-bond donors (Lipinski definition) is 2. The van der Waals surface area contributed by atoms with Crippen LogP contribution in [-0.2, 0) is 14.3 Å². The van der Waals surface area contributed by atoms with Gasteiger partial charge in [-0.3, -0.25) is 9.59 Å². The lowest BCUT2D eigenvalue weighted by atomic mass is 9.84. The van der Waals surface area contributed by atoms with Crippen LogP contribution in [0.15, 0.2) is 0 Å². The van der Waals surface area contributed by atoms with Crippen LogP contribution in [0, 0.1) is 11.8 Å². The Balaban J connectivity index is 1.89. The van der Waals surface area contributed by atoms with Crippen molar-refractivity contribution >= 4 is 18.0 Å². The molecule has 3 unspecified atom stereocenters. The molecule has 0 aromatic heterocycles. The van der Waals surface area contributed by atoms with E-state index in [4.69, 9.17) is 0 Å². The van der Waals surface area contributed by atoms with Crippen LogP contribution in [-0.4, -0.2) is 54.2 Å². The molecule has 0 radical (unpaired) electrons. The molecule has 1 saturated heterocycles. The van der Waals surface area contributed by atoms with E-state index < -0.39 is 11.9 Å². The molecule has 7 nitrogen and oxygen atoms in total. The van der Waals surface area contributed by atoms with Crippen LogP contribution in [0.3, 0.4) is 0 Å². The van der Waals surface area contributed by atoms with E-state index in [1.165, 1.54) is 7.11 Å². The second-order valence-corrected chi connectivity index (χ2v) is 5.74. The van der Waals surface area contributed by atoms with Gasteiger partial charge in [0.2, 0.25) is 0 Å². The van der Waals surface area contributed by atoms with Gasteiger partial charge >= 0.3 is 18.0 Å². The molecule has 0 aromatic carbocycles. The van der Waals surface area contributed by atoms with E-state index in [0.717, 1.165) is 12.8 Å². The number of hydrogen-bond acceptors (Lipinski definition) is 4. The van der Waals surface area contributed by atoms with Gasteiger partial charge in [-0.2, -0.15) is 0 Å². The summed E-state index contributed by atoms with van der Waals surface area (Å²) in [5.41, 5.74) is 0. The monoisotopic (exact) mass is 298 g/mol. The SMILES string of the molecule is COC(=O)C1CCN(C(=O)NC2CCCCC2C(=O)O)C1. The Morgan fingerprint density at radius 1 is 1.19 bits per heavy atom. The molecule has 0 bridgehead atoms. The third kappa shape index (κ3) is 3.65. The van der Waals surface area contributed by atoms with Gasteiger partial charge in [0.1, 0.15) is 0 Å². The summed E-state index contributed by atoms with van der Waals surface area (Å²) in [5, 5.41) is 12.0. The number of urea groups is 1.